The zero-order valence-corrected chi connectivity index (χ0v) is 17.6. The molecule has 0 radical (unpaired) electrons. The minimum atomic E-state index is -3.82. The normalized spacial score (nSPS) is 12.0. The van der Waals surface area contributed by atoms with Crippen LogP contribution in [0, 0.1) is 5.82 Å². The molecule has 0 spiro atoms. The molecule has 3 aromatic rings. The van der Waals surface area contributed by atoms with Crippen LogP contribution in [-0.2, 0) is 14.8 Å². The smallest absolute Gasteiger partial charge is 0.265 e. The van der Waals surface area contributed by atoms with Gasteiger partial charge in [-0.25, -0.2) is 12.8 Å². The summed E-state index contributed by atoms with van der Waals surface area (Å²) in [4.78, 5) is 12.3. The van der Waals surface area contributed by atoms with Gasteiger partial charge in [-0.1, -0.05) is 6.07 Å². The van der Waals surface area contributed by atoms with Crippen LogP contribution in [0.2, 0.25) is 0 Å². The van der Waals surface area contributed by atoms with E-state index in [9.17, 15) is 17.6 Å². The molecule has 0 aliphatic heterocycles. The number of hydrogen-bond acceptors (Lipinski definition) is 5. The maximum atomic E-state index is 13.0. The summed E-state index contributed by atoms with van der Waals surface area (Å²) in [6.45, 7) is 1.55. The van der Waals surface area contributed by atoms with Crippen molar-refractivity contribution in [2.45, 2.75) is 17.9 Å². The lowest BCUT2D eigenvalue weighted by molar-refractivity contribution is -0.122. The number of carbonyl (C=O) groups excluding carboxylic acids is 1. The number of carbonyl (C=O) groups is 1. The van der Waals surface area contributed by atoms with Crippen molar-refractivity contribution in [2.24, 2.45) is 0 Å². The zero-order chi connectivity index (χ0) is 22.4. The van der Waals surface area contributed by atoms with Crippen molar-refractivity contribution in [3.05, 3.63) is 78.6 Å². The molecule has 0 aliphatic rings. The summed E-state index contributed by atoms with van der Waals surface area (Å²) < 4.78 is 51.2. The van der Waals surface area contributed by atoms with E-state index in [0.717, 1.165) is 0 Å². The van der Waals surface area contributed by atoms with E-state index in [1.54, 1.807) is 31.2 Å². The molecule has 9 heteroatoms. The number of amides is 1. The maximum absolute atomic E-state index is 13.0. The molecular weight excluding hydrogens is 423 g/mol. The van der Waals surface area contributed by atoms with Crippen molar-refractivity contribution in [3.63, 3.8) is 0 Å². The number of methoxy groups -OCH3 is 1. The van der Waals surface area contributed by atoms with E-state index < -0.39 is 27.9 Å². The van der Waals surface area contributed by atoms with Gasteiger partial charge in [0.15, 0.2) is 6.10 Å². The molecule has 31 heavy (non-hydrogen) atoms. The molecule has 7 nitrogen and oxygen atoms in total. The van der Waals surface area contributed by atoms with Crippen LogP contribution in [0.15, 0.2) is 77.7 Å². The summed E-state index contributed by atoms with van der Waals surface area (Å²) in [5.74, 6) is 0.0409. The third kappa shape index (κ3) is 5.95. The first-order valence-electron chi connectivity index (χ1n) is 9.27. The van der Waals surface area contributed by atoms with Gasteiger partial charge in [0.05, 0.1) is 17.7 Å². The largest absolute Gasteiger partial charge is 0.497 e. The van der Waals surface area contributed by atoms with Crippen molar-refractivity contribution in [1.29, 1.82) is 0 Å². The second kappa shape index (κ2) is 9.48. The average molecular weight is 444 g/mol. The second-order valence-electron chi connectivity index (χ2n) is 6.57. The molecule has 2 N–H and O–H groups in total. The van der Waals surface area contributed by atoms with Gasteiger partial charge in [0.25, 0.3) is 15.9 Å². The predicted octanol–water partition coefficient (Wildman–Crippen LogP) is 4.04. The summed E-state index contributed by atoms with van der Waals surface area (Å²) in [6, 6.07) is 17.6. The van der Waals surface area contributed by atoms with Crippen LogP contribution >= 0.6 is 0 Å². The number of ether oxygens (including phenoxy) is 2. The Morgan fingerprint density at radius 3 is 2.26 bits per heavy atom. The van der Waals surface area contributed by atoms with Gasteiger partial charge in [-0.15, -0.1) is 0 Å². The fourth-order valence-corrected chi connectivity index (χ4v) is 3.68. The van der Waals surface area contributed by atoms with Crippen LogP contribution in [0.4, 0.5) is 15.8 Å². The third-order valence-corrected chi connectivity index (χ3v) is 5.65. The van der Waals surface area contributed by atoms with E-state index >= 15 is 0 Å². The molecule has 0 saturated heterocycles. The molecule has 0 aliphatic carbocycles. The Bertz CT molecular complexity index is 1150. The van der Waals surface area contributed by atoms with Gasteiger partial charge >= 0.3 is 0 Å². The summed E-state index contributed by atoms with van der Waals surface area (Å²) in [5.41, 5.74) is 0.767. The Labute approximate surface area is 179 Å². The Hall–Kier alpha value is -3.59. The lowest BCUT2D eigenvalue weighted by Crippen LogP contribution is -2.30. The molecule has 1 atom stereocenters. The molecular formula is C22H21FN2O5S. The van der Waals surface area contributed by atoms with E-state index in [-0.39, 0.29) is 4.90 Å². The number of nitrogens with one attached hydrogen (secondary N) is 2. The minimum Gasteiger partial charge on any atom is -0.497 e. The Morgan fingerprint density at radius 2 is 1.61 bits per heavy atom. The summed E-state index contributed by atoms with van der Waals surface area (Å²) in [5, 5.41) is 2.65. The van der Waals surface area contributed by atoms with Gasteiger partial charge in [-0.2, -0.15) is 0 Å². The van der Waals surface area contributed by atoms with Crippen molar-refractivity contribution >= 4 is 27.3 Å². The van der Waals surface area contributed by atoms with Crippen molar-refractivity contribution in [1.82, 2.24) is 0 Å². The van der Waals surface area contributed by atoms with Gasteiger partial charge in [0, 0.05) is 11.8 Å². The molecule has 0 saturated carbocycles. The van der Waals surface area contributed by atoms with Gasteiger partial charge in [0.2, 0.25) is 0 Å². The van der Waals surface area contributed by atoms with Gasteiger partial charge in [-0.3, -0.25) is 9.52 Å². The highest BCUT2D eigenvalue weighted by Crippen LogP contribution is 2.22. The fraction of sp³-hybridized carbons (Fsp3) is 0.136. The summed E-state index contributed by atoms with van der Waals surface area (Å²) >= 11 is 0. The molecule has 0 heterocycles. The van der Waals surface area contributed by atoms with Crippen molar-refractivity contribution in [2.75, 3.05) is 17.1 Å². The quantitative estimate of drug-likeness (QED) is 0.547. The number of rotatable bonds is 8. The highest BCUT2D eigenvalue weighted by atomic mass is 32.2. The van der Waals surface area contributed by atoms with E-state index in [4.69, 9.17) is 9.47 Å². The molecule has 1 amide bonds. The maximum Gasteiger partial charge on any atom is 0.265 e. The van der Waals surface area contributed by atoms with Gasteiger partial charge < -0.3 is 14.8 Å². The summed E-state index contributed by atoms with van der Waals surface area (Å²) in [7, 11) is -2.33. The standard InChI is InChI=1S/C22H21FN2O5S/c1-15(30-19-10-6-16(23)7-11-19)22(26)24-17-8-12-21(13-9-17)31(27,28)25-18-4-3-5-20(14-18)29-2/h3-15,25H,1-2H3,(H,24,26). The van der Waals surface area contributed by atoms with Crippen LogP contribution in [-0.4, -0.2) is 27.5 Å². The fourth-order valence-electron chi connectivity index (χ4n) is 2.63. The first kappa shape index (κ1) is 22.1. The number of anilines is 2. The number of hydrogen-bond donors (Lipinski definition) is 2. The Morgan fingerprint density at radius 1 is 0.935 bits per heavy atom. The first-order chi connectivity index (χ1) is 14.8. The lowest BCUT2D eigenvalue weighted by atomic mass is 10.3. The van der Waals surface area contributed by atoms with Crippen molar-refractivity contribution < 1.29 is 27.1 Å². The zero-order valence-electron chi connectivity index (χ0n) is 16.8. The highest BCUT2D eigenvalue weighted by molar-refractivity contribution is 7.92. The van der Waals surface area contributed by atoms with E-state index in [0.29, 0.717) is 22.9 Å². The predicted molar refractivity (Wildman–Crippen MR) is 115 cm³/mol. The average Bonchev–Trinajstić information content (AvgIpc) is 2.75. The van der Waals surface area contributed by atoms with Crippen LogP contribution in [0.1, 0.15) is 6.92 Å². The topological polar surface area (TPSA) is 93.7 Å². The lowest BCUT2D eigenvalue weighted by Gasteiger charge is -2.15. The number of benzene rings is 3. The number of sulfonamides is 1. The third-order valence-electron chi connectivity index (χ3n) is 4.25. The summed E-state index contributed by atoms with van der Waals surface area (Å²) in [6.07, 6.45) is -0.844. The molecule has 0 fully saturated rings. The Kier molecular flexibility index (Phi) is 6.76. The molecule has 3 aromatic carbocycles. The van der Waals surface area contributed by atoms with Crippen LogP contribution < -0.4 is 19.5 Å². The van der Waals surface area contributed by atoms with E-state index in [1.165, 1.54) is 55.6 Å². The minimum absolute atomic E-state index is 0.0314. The van der Waals surface area contributed by atoms with Crippen LogP contribution in [0.5, 0.6) is 11.5 Å². The molecule has 0 bridgehead atoms. The number of halogens is 1. The second-order valence-corrected chi connectivity index (χ2v) is 8.25. The molecule has 0 aromatic heterocycles. The van der Waals surface area contributed by atoms with Gasteiger partial charge in [0.1, 0.15) is 17.3 Å². The molecule has 162 valence electrons. The van der Waals surface area contributed by atoms with E-state index in [1.807, 2.05) is 0 Å². The van der Waals surface area contributed by atoms with Crippen molar-refractivity contribution in [3.8, 4) is 11.5 Å². The highest BCUT2D eigenvalue weighted by Gasteiger charge is 2.17. The van der Waals surface area contributed by atoms with Crippen LogP contribution in [0.25, 0.3) is 0 Å². The monoisotopic (exact) mass is 444 g/mol. The Balaban J connectivity index is 1.63. The molecule has 1 unspecified atom stereocenters. The van der Waals surface area contributed by atoms with Gasteiger partial charge in [-0.05, 0) is 67.6 Å². The van der Waals surface area contributed by atoms with Crippen LogP contribution in [0.3, 0.4) is 0 Å². The van der Waals surface area contributed by atoms with E-state index in [2.05, 4.69) is 10.0 Å². The SMILES string of the molecule is COc1cccc(NS(=O)(=O)c2ccc(NC(=O)C(C)Oc3ccc(F)cc3)cc2)c1. The molecule has 3 rings (SSSR count). The first-order valence-corrected chi connectivity index (χ1v) is 10.8.